The third-order valence-electron chi connectivity index (χ3n) is 3.47. The van der Waals surface area contributed by atoms with Gasteiger partial charge >= 0.3 is 0 Å². The average Bonchev–Trinajstić information content (AvgIpc) is 2.85. The van der Waals surface area contributed by atoms with E-state index < -0.39 is 6.04 Å². The van der Waals surface area contributed by atoms with Gasteiger partial charge in [-0.2, -0.15) is 5.10 Å². The third-order valence-corrected chi connectivity index (χ3v) is 3.47. The molecule has 6 nitrogen and oxygen atoms in total. The van der Waals surface area contributed by atoms with Crippen LogP contribution in [0.15, 0.2) is 18.5 Å². The molecule has 0 bridgehead atoms. The lowest BCUT2D eigenvalue weighted by molar-refractivity contribution is -0.135. The molecule has 2 atom stereocenters. The van der Waals surface area contributed by atoms with E-state index in [9.17, 15) is 9.59 Å². The second kappa shape index (κ2) is 5.86. The van der Waals surface area contributed by atoms with E-state index in [1.54, 1.807) is 15.8 Å². The Kier molecular flexibility index (Phi) is 4.19. The molecule has 0 saturated carbocycles. The summed E-state index contributed by atoms with van der Waals surface area (Å²) in [5.41, 5.74) is 0. The molecule has 1 aliphatic heterocycles. The van der Waals surface area contributed by atoms with Gasteiger partial charge < -0.3 is 10.2 Å². The van der Waals surface area contributed by atoms with E-state index in [0.29, 0.717) is 25.9 Å². The maximum atomic E-state index is 12.4. The predicted octanol–water partition coefficient (Wildman–Crippen LogP) is 0.399. The van der Waals surface area contributed by atoms with Crippen LogP contribution in [0.2, 0.25) is 0 Å². The Labute approximate surface area is 112 Å². The highest BCUT2D eigenvalue weighted by molar-refractivity contribution is 5.90. The fourth-order valence-electron chi connectivity index (χ4n) is 2.36. The van der Waals surface area contributed by atoms with Gasteiger partial charge in [-0.15, -0.1) is 0 Å². The van der Waals surface area contributed by atoms with Crippen molar-refractivity contribution in [3.05, 3.63) is 18.5 Å². The number of amides is 2. The summed E-state index contributed by atoms with van der Waals surface area (Å²) in [5.74, 6) is -0.0395. The first-order valence-corrected chi connectivity index (χ1v) is 6.69. The molecule has 2 rings (SSSR count). The van der Waals surface area contributed by atoms with Gasteiger partial charge in [0.05, 0.1) is 6.54 Å². The van der Waals surface area contributed by atoms with Gasteiger partial charge in [0.25, 0.3) is 0 Å². The molecule has 2 unspecified atom stereocenters. The lowest BCUT2D eigenvalue weighted by atomic mass is 10.2. The maximum absolute atomic E-state index is 12.4. The first-order valence-electron chi connectivity index (χ1n) is 6.69. The highest BCUT2D eigenvalue weighted by atomic mass is 16.2. The number of rotatable bonds is 4. The number of nitrogens with zero attached hydrogens (tertiary/aromatic N) is 3. The Morgan fingerprint density at radius 1 is 1.42 bits per heavy atom. The summed E-state index contributed by atoms with van der Waals surface area (Å²) in [6.45, 7) is 5.05. The number of aromatic nitrogens is 2. The summed E-state index contributed by atoms with van der Waals surface area (Å²) in [6.07, 6.45) is 4.57. The van der Waals surface area contributed by atoms with Gasteiger partial charge in [-0.25, -0.2) is 0 Å². The van der Waals surface area contributed by atoms with Crippen molar-refractivity contribution in [1.82, 2.24) is 20.0 Å². The van der Waals surface area contributed by atoms with Crippen molar-refractivity contribution in [1.29, 1.82) is 0 Å². The molecule has 104 valence electrons. The minimum Gasteiger partial charge on any atom is -0.344 e. The fraction of sp³-hybridized carbons (Fsp3) is 0.615. The van der Waals surface area contributed by atoms with Crippen LogP contribution in [0, 0.1) is 0 Å². The number of carbonyl (C=O) groups excluding carboxylic acids is 2. The summed E-state index contributed by atoms with van der Waals surface area (Å²) < 4.78 is 1.79. The van der Waals surface area contributed by atoms with Gasteiger partial charge in [0.2, 0.25) is 11.8 Å². The summed E-state index contributed by atoms with van der Waals surface area (Å²) in [6, 6.07) is 1.39. The molecular formula is C13H20N4O2. The van der Waals surface area contributed by atoms with Crippen LogP contribution in [0.3, 0.4) is 0 Å². The zero-order chi connectivity index (χ0) is 13.8. The van der Waals surface area contributed by atoms with Crippen molar-refractivity contribution in [2.75, 3.05) is 6.54 Å². The fourth-order valence-corrected chi connectivity index (χ4v) is 2.36. The zero-order valence-electron chi connectivity index (χ0n) is 11.4. The lowest BCUT2D eigenvalue weighted by Crippen LogP contribution is -2.47. The van der Waals surface area contributed by atoms with E-state index in [0.717, 1.165) is 0 Å². The monoisotopic (exact) mass is 264 g/mol. The number of nitrogens with one attached hydrogen (secondary N) is 1. The Balaban J connectivity index is 2.06. The van der Waals surface area contributed by atoms with Crippen LogP contribution in [0.5, 0.6) is 0 Å². The van der Waals surface area contributed by atoms with Crippen molar-refractivity contribution in [3.63, 3.8) is 0 Å². The molecule has 19 heavy (non-hydrogen) atoms. The Bertz CT molecular complexity index is 444. The molecule has 1 aliphatic rings. The van der Waals surface area contributed by atoms with Crippen LogP contribution in [-0.4, -0.2) is 45.1 Å². The molecule has 0 radical (unpaired) electrons. The second-order valence-electron chi connectivity index (χ2n) is 4.88. The summed E-state index contributed by atoms with van der Waals surface area (Å²) in [5, 5.41) is 6.90. The predicted molar refractivity (Wildman–Crippen MR) is 70.2 cm³/mol. The molecule has 6 heteroatoms. The number of hydrogen-bond acceptors (Lipinski definition) is 3. The SMILES string of the molecule is CCC1NC(=O)CC(C)N(CCn2cccn2)C1=O. The molecule has 1 saturated heterocycles. The highest BCUT2D eigenvalue weighted by Gasteiger charge is 2.32. The van der Waals surface area contributed by atoms with Crippen molar-refractivity contribution < 1.29 is 9.59 Å². The highest BCUT2D eigenvalue weighted by Crippen LogP contribution is 2.13. The second-order valence-corrected chi connectivity index (χ2v) is 4.88. The smallest absolute Gasteiger partial charge is 0.245 e. The number of carbonyl (C=O) groups is 2. The largest absolute Gasteiger partial charge is 0.344 e. The maximum Gasteiger partial charge on any atom is 0.245 e. The minimum atomic E-state index is -0.393. The first-order chi connectivity index (χ1) is 9.11. The van der Waals surface area contributed by atoms with Crippen molar-refractivity contribution >= 4 is 11.8 Å². The summed E-state index contributed by atoms with van der Waals surface area (Å²) in [4.78, 5) is 25.8. The molecule has 1 N–H and O–H groups in total. The van der Waals surface area contributed by atoms with Gasteiger partial charge in [0, 0.05) is 31.4 Å². The topological polar surface area (TPSA) is 67.2 Å². The van der Waals surface area contributed by atoms with E-state index in [1.807, 2.05) is 26.1 Å². The number of hydrogen-bond donors (Lipinski definition) is 1. The average molecular weight is 264 g/mol. The molecule has 2 amide bonds. The third kappa shape index (κ3) is 3.13. The Morgan fingerprint density at radius 3 is 2.84 bits per heavy atom. The standard InChI is InChI=1S/C13H20N4O2/c1-3-11-13(19)17(10(2)9-12(18)15-11)8-7-16-6-4-5-14-16/h4-6,10-11H,3,7-9H2,1-2H3,(H,15,18). The lowest BCUT2D eigenvalue weighted by Gasteiger charge is -2.28. The van der Waals surface area contributed by atoms with Gasteiger partial charge in [0.1, 0.15) is 6.04 Å². The zero-order valence-corrected chi connectivity index (χ0v) is 11.4. The molecule has 2 heterocycles. The van der Waals surface area contributed by atoms with E-state index in [1.165, 1.54) is 0 Å². The van der Waals surface area contributed by atoms with Crippen LogP contribution in [-0.2, 0) is 16.1 Å². The molecule has 0 aromatic carbocycles. The van der Waals surface area contributed by atoms with E-state index >= 15 is 0 Å². The van der Waals surface area contributed by atoms with Crippen LogP contribution < -0.4 is 5.32 Å². The van der Waals surface area contributed by atoms with Crippen LogP contribution in [0.4, 0.5) is 0 Å². The quantitative estimate of drug-likeness (QED) is 0.856. The molecule has 0 spiro atoms. The van der Waals surface area contributed by atoms with Crippen LogP contribution in [0.1, 0.15) is 26.7 Å². The first kappa shape index (κ1) is 13.6. The van der Waals surface area contributed by atoms with Crippen LogP contribution >= 0.6 is 0 Å². The Morgan fingerprint density at radius 2 is 2.21 bits per heavy atom. The Hall–Kier alpha value is -1.85. The van der Waals surface area contributed by atoms with Crippen LogP contribution in [0.25, 0.3) is 0 Å². The van der Waals surface area contributed by atoms with Crippen molar-refractivity contribution in [3.8, 4) is 0 Å². The van der Waals surface area contributed by atoms with Gasteiger partial charge in [-0.1, -0.05) is 6.92 Å². The van der Waals surface area contributed by atoms with Gasteiger partial charge in [-0.3, -0.25) is 14.3 Å². The van der Waals surface area contributed by atoms with Gasteiger partial charge in [-0.05, 0) is 19.4 Å². The van der Waals surface area contributed by atoms with Crippen molar-refractivity contribution in [2.45, 2.75) is 45.3 Å². The van der Waals surface area contributed by atoms with E-state index in [4.69, 9.17) is 0 Å². The normalized spacial score (nSPS) is 24.2. The van der Waals surface area contributed by atoms with E-state index in [2.05, 4.69) is 10.4 Å². The van der Waals surface area contributed by atoms with E-state index in [-0.39, 0.29) is 17.9 Å². The summed E-state index contributed by atoms with van der Waals surface area (Å²) >= 11 is 0. The van der Waals surface area contributed by atoms with Gasteiger partial charge in [0.15, 0.2) is 0 Å². The minimum absolute atomic E-state index is 0.00741. The molecule has 0 aliphatic carbocycles. The molecule has 1 aromatic heterocycles. The molecular weight excluding hydrogens is 244 g/mol. The van der Waals surface area contributed by atoms with Crippen molar-refractivity contribution in [2.24, 2.45) is 0 Å². The summed E-state index contributed by atoms with van der Waals surface area (Å²) in [7, 11) is 0. The molecule has 1 fully saturated rings. The molecule has 1 aromatic rings.